The van der Waals surface area contributed by atoms with Crippen molar-refractivity contribution in [2.75, 3.05) is 19.1 Å². The van der Waals surface area contributed by atoms with Gasteiger partial charge in [-0.05, 0) is 17.7 Å². The molecule has 2 aliphatic heterocycles. The number of hydrogen-bond acceptors (Lipinski definition) is 6. The molecular formula is C35H27NO5. The smallest absolute Gasteiger partial charge is 0.185 e. The highest BCUT2D eigenvalue weighted by Crippen LogP contribution is 2.62. The number of ketones is 3. The number of benzene rings is 4. The zero-order chi connectivity index (χ0) is 28.3. The average molecular weight is 542 g/mol. The number of nitrogens with zero attached hydrogens (tertiary/aromatic N) is 1. The van der Waals surface area contributed by atoms with Gasteiger partial charge >= 0.3 is 0 Å². The van der Waals surface area contributed by atoms with Crippen LogP contribution < -0.4 is 14.4 Å². The Morgan fingerprint density at radius 3 is 2.12 bits per heavy atom. The van der Waals surface area contributed by atoms with Crippen molar-refractivity contribution in [3.8, 4) is 11.5 Å². The maximum absolute atomic E-state index is 14.8. The number of anilines is 1. The highest BCUT2D eigenvalue weighted by Gasteiger charge is 2.71. The van der Waals surface area contributed by atoms with Crippen molar-refractivity contribution < 1.29 is 23.9 Å². The summed E-state index contributed by atoms with van der Waals surface area (Å²) in [6.45, 7) is 0. The summed E-state index contributed by atoms with van der Waals surface area (Å²) < 4.78 is 11.3. The molecule has 0 bridgehead atoms. The van der Waals surface area contributed by atoms with Gasteiger partial charge in [0, 0.05) is 39.9 Å². The quantitative estimate of drug-likeness (QED) is 0.227. The molecule has 3 atom stereocenters. The molecule has 4 aromatic rings. The fourth-order valence-electron chi connectivity index (χ4n) is 7.11. The minimum absolute atomic E-state index is 0.169. The highest BCUT2D eigenvalue weighted by molar-refractivity contribution is 6.32. The maximum Gasteiger partial charge on any atom is 0.185 e. The van der Waals surface area contributed by atoms with Crippen molar-refractivity contribution in [1.29, 1.82) is 0 Å². The van der Waals surface area contributed by atoms with E-state index in [0.717, 1.165) is 11.3 Å². The number of rotatable bonds is 5. The van der Waals surface area contributed by atoms with E-state index in [2.05, 4.69) is 0 Å². The van der Waals surface area contributed by atoms with E-state index in [1.165, 1.54) is 0 Å². The Bertz CT molecular complexity index is 1720. The molecule has 2 heterocycles. The third-order valence-electron chi connectivity index (χ3n) is 8.82. The SMILES string of the molecule is COc1ccc([C@@H]2[C@H](C(=O)c3ccccc3)N3c4ccccc4C=C[C@H]3C23C(=O)c2ccccc2C3=O)c(OC)c1. The number of para-hydroxylation sites is 1. The first-order chi connectivity index (χ1) is 20.0. The predicted molar refractivity (Wildman–Crippen MR) is 156 cm³/mol. The topological polar surface area (TPSA) is 72.9 Å². The van der Waals surface area contributed by atoms with Crippen LogP contribution in [0.25, 0.3) is 6.08 Å². The van der Waals surface area contributed by atoms with Crippen molar-refractivity contribution in [2.24, 2.45) is 5.41 Å². The third kappa shape index (κ3) is 3.34. The van der Waals surface area contributed by atoms with Gasteiger partial charge in [0.2, 0.25) is 0 Å². The van der Waals surface area contributed by atoms with Crippen LogP contribution in [0.4, 0.5) is 5.69 Å². The summed E-state index contributed by atoms with van der Waals surface area (Å²) in [5.74, 6) is -0.555. The third-order valence-corrected chi connectivity index (χ3v) is 8.82. The highest BCUT2D eigenvalue weighted by atomic mass is 16.5. The Hall–Kier alpha value is -4.97. The van der Waals surface area contributed by atoms with Gasteiger partial charge in [-0.25, -0.2) is 0 Å². The predicted octanol–water partition coefficient (Wildman–Crippen LogP) is 6.02. The summed E-state index contributed by atoms with van der Waals surface area (Å²) in [5, 5.41) is 0. The minimum Gasteiger partial charge on any atom is -0.497 e. The van der Waals surface area contributed by atoms with E-state index in [4.69, 9.17) is 9.47 Å². The molecule has 0 unspecified atom stereocenters. The second kappa shape index (κ2) is 9.30. The molecule has 202 valence electrons. The van der Waals surface area contributed by atoms with Crippen LogP contribution >= 0.6 is 0 Å². The van der Waals surface area contributed by atoms with Crippen molar-refractivity contribution in [2.45, 2.75) is 18.0 Å². The fourth-order valence-corrected chi connectivity index (χ4v) is 7.11. The lowest BCUT2D eigenvalue weighted by molar-refractivity contribution is 0.0665. The number of carbonyl (C=O) groups excluding carboxylic acids is 3. The largest absolute Gasteiger partial charge is 0.497 e. The number of hydrogen-bond donors (Lipinski definition) is 0. The van der Waals surface area contributed by atoms with Crippen LogP contribution in [0.2, 0.25) is 0 Å². The van der Waals surface area contributed by atoms with Crippen LogP contribution in [0, 0.1) is 5.41 Å². The molecule has 1 fully saturated rings. The molecule has 1 aliphatic carbocycles. The van der Waals surface area contributed by atoms with Crippen LogP contribution in [-0.2, 0) is 0 Å². The summed E-state index contributed by atoms with van der Waals surface area (Å²) in [4.78, 5) is 46.2. The Kier molecular flexibility index (Phi) is 5.68. The molecule has 7 rings (SSSR count). The first kappa shape index (κ1) is 25.0. The van der Waals surface area contributed by atoms with E-state index in [1.54, 1.807) is 62.8 Å². The summed E-state index contributed by atoms with van der Waals surface area (Å²) >= 11 is 0. The lowest BCUT2D eigenvalue weighted by atomic mass is 9.64. The summed E-state index contributed by atoms with van der Waals surface area (Å²) in [7, 11) is 3.11. The van der Waals surface area contributed by atoms with Crippen LogP contribution in [0.5, 0.6) is 11.5 Å². The molecule has 4 aromatic carbocycles. The van der Waals surface area contributed by atoms with Crippen LogP contribution in [0.1, 0.15) is 48.1 Å². The molecule has 6 nitrogen and oxygen atoms in total. The number of carbonyl (C=O) groups is 3. The van der Waals surface area contributed by atoms with Crippen molar-refractivity contribution in [3.05, 3.63) is 131 Å². The average Bonchev–Trinajstić information content (AvgIpc) is 3.46. The fraction of sp³-hybridized carbons (Fsp3) is 0.171. The Balaban J connectivity index is 1.57. The van der Waals surface area contributed by atoms with E-state index in [1.807, 2.05) is 65.6 Å². The monoisotopic (exact) mass is 541 g/mol. The van der Waals surface area contributed by atoms with Crippen molar-refractivity contribution in [3.63, 3.8) is 0 Å². The van der Waals surface area contributed by atoms with Gasteiger partial charge in [-0.15, -0.1) is 0 Å². The van der Waals surface area contributed by atoms with Gasteiger partial charge in [0.15, 0.2) is 17.3 Å². The summed E-state index contributed by atoms with van der Waals surface area (Å²) in [6.07, 6.45) is 3.88. The van der Waals surface area contributed by atoms with Gasteiger partial charge in [-0.3, -0.25) is 14.4 Å². The van der Waals surface area contributed by atoms with Gasteiger partial charge in [0.05, 0.1) is 20.3 Å². The van der Waals surface area contributed by atoms with E-state index >= 15 is 0 Å². The zero-order valence-electron chi connectivity index (χ0n) is 22.6. The van der Waals surface area contributed by atoms with Crippen LogP contribution in [-0.4, -0.2) is 43.7 Å². The number of methoxy groups -OCH3 is 2. The molecule has 41 heavy (non-hydrogen) atoms. The molecule has 0 amide bonds. The zero-order valence-corrected chi connectivity index (χ0v) is 22.6. The van der Waals surface area contributed by atoms with Gasteiger partial charge in [-0.2, -0.15) is 0 Å². The number of ether oxygens (including phenoxy) is 2. The molecule has 0 N–H and O–H groups in total. The van der Waals surface area contributed by atoms with Crippen molar-refractivity contribution in [1.82, 2.24) is 0 Å². The van der Waals surface area contributed by atoms with E-state index in [-0.39, 0.29) is 17.3 Å². The first-order valence-electron chi connectivity index (χ1n) is 13.6. The molecular weight excluding hydrogens is 514 g/mol. The molecule has 3 aliphatic rings. The van der Waals surface area contributed by atoms with Gasteiger partial charge < -0.3 is 14.4 Å². The van der Waals surface area contributed by atoms with E-state index in [0.29, 0.717) is 33.8 Å². The number of fused-ring (bicyclic) bond motifs is 5. The standard InChI is InChI=1S/C35H27NO5/c1-40-23-17-18-26(28(20-23)41-2)30-31(32(37)22-11-4-3-5-12-22)36-27-15-9-6-10-21(27)16-19-29(36)35(30)33(38)24-13-7-8-14-25(24)34(35)39/h3-20,29-31H,1-2H3/t29-,30+,31+/m0/s1. The van der Waals surface area contributed by atoms with Crippen molar-refractivity contribution >= 4 is 29.1 Å². The molecule has 0 radical (unpaired) electrons. The van der Waals surface area contributed by atoms with Crippen LogP contribution in [0.15, 0.2) is 103 Å². The lowest BCUT2D eigenvalue weighted by Gasteiger charge is -2.37. The number of Topliss-reactive ketones (excluding diaryl/α,β-unsaturated/α-hetero) is 3. The normalized spacial score (nSPS) is 21.4. The molecule has 0 saturated carbocycles. The van der Waals surface area contributed by atoms with Crippen LogP contribution in [0.3, 0.4) is 0 Å². The molecule has 6 heteroatoms. The molecule has 1 spiro atoms. The second-order valence-electron chi connectivity index (χ2n) is 10.6. The Morgan fingerprint density at radius 2 is 1.44 bits per heavy atom. The molecule has 0 aromatic heterocycles. The molecule has 1 saturated heterocycles. The van der Waals surface area contributed by atoms with Gasteiger partial charge in [0.1, 0.15) is 23.0 Å². The summed E-state index contributed by atoms with van der Waals surface area (Å²) in [5.41, 5.74) is 2.02. The Labute approximate surface area is 237 Å². The van der Waals surface area contributed by atoms with Gasteiger partial charge in [-0.1, -0.05) is 91.0 Å². The lowest BCUT2D eigenvalue weighted by Crippen LogP contribution is -2.48. The Morgan fingerprint density at radius 1 is 0.780 bits per heavy atom. The van der Waals surface area contributed by atoms with Gasteiger partial charge in [0.25, 0.3) is 0 Å². The second-order valence-corrected chi connectivity index (χ2v) is 10.6. The summed E-state index contributed by atoms with van der Waals surface area (Å²) in [6, 6.07) is 27.6. The minimum atomic E-state index is -1.59. The first-order valence-corrected chi connectivity index (χ1v) is 13.6. The van der Waals surface area contributed by atoms with E-state index < -0.39 is 23.4 Å². The van der Waals surface area contributed by atoms with E-state index in [9.17, 15) is 14.4 Å². The maximum atomic E-state index is 14.8.